The highest BCUT2D eigenvalue weighted by Gasteiger charge is 2.24. The molecule has 3 aromatic rings. The first-order chi connectivity index (χ1) is 11.8. The minimum atomic E-state index is -3.63. The van der Waals surface area contributed by atoms with Gasteiger partial charge in [0.25, 0.3) is 10.0 Å². The molecule has 2 N–H and O–H groups in total. The Morgan fingerprint density at radius 3 is 1.84 bits per heavy atom. The molecule has 0 atom stereocenters. The summed E-state index contributed by atoms with van der Waals surface area (Å²) in [6.07, 6.45) is 1.67. The van der Waals surface area contributed by atoms with Crippen LogP contribution in [0.5, 0.6) is 11.5 Å². The van der Waals surface area contributed by atoms with Crippen LogP contribution in [0.1, 0.15) is 12.5 Å². The van der Waals surface area contributed by atoms with Gasteiger partial charge >= 0.3 is 0 Å². The van der Waals surface area contributed by atoms with Crippen molar-refractivity contribution in [1.82, 2.24) is 9.19 Å². The Balaban J connectivity index is 2.32. The average Bonchev–Trinajstić information content (AvgIpc) is 2.96. The molecule has 130 valence electrons. The first-order valence-electron chi connectivity index (χ1n) is 7.72. The van der Waals surface area contributed by atoms with E-state index in [1.54, 1.807) is 24.3 Å². The fourth-order valence-corrected chi connectivity index (χ4v) is 3.54. The van der Waals surface area contributed by atoms with Gasteiger partial charge in [-0.15, -0.1) is 0 Å². The third-order valence-electron chi connectivity index (χ3n) is 3.90. The highest BCUT2D eigenvalue weighted by molar-refractivity contribution is 7.89. The van der Waals surface area contributed by atoms with E-state index >= 15 is 0 Å². The van der Waals surface area contributed by atoms with Crippen molar-refractivity contribution in [3.05, 3.63) is 54.1 Å². The van der Waals surface area contributed by atoms with Crippen molar-refractivity contribution in [1.29, 1.82) is 0 Å². The predicted molar refractivity (Wildman–Crippen MR) is 96.0 cm³/mol. The fraction of sp³-hybridized carbons (Fsp3) is 0.167. The number of phenols is 2. The molecule has 6 nitrogen and oxygen atoms in total. The molecular formula is C18H18N2O4S. The molecule has 0 spiro atoms. The topological polar surface area (TPSA) is 92.4 Å². The van der Waals surface area contributed by atoms with Gasteiger partial charge in [0.15, 0.2) is 0 Å². The lowest BCUT2D eigenvalue weighted by molar-refractivity contribution is 0.475. The summed E-state index contributed by atoms with van der Waals surface area (Å²) in [4.78, 5) is 0. The van der Waals surface area contributed by atoms with Gasteiger partial charge in [0.1, 0.15) is 11.5 Å². The van der Waals surface area contributed by atoms with Crippen LogP contribution < -0.4 is 0 Å². The number of aromatic nitrogens is 2. The van der Waals surface area contributed by atoms with Crippen LogP contribution in [0.2, 0.25) is 0 Å². The second kappa shape index (κ2) is 6.25. The Morgan fingerprint density at radius 1 is 0.920 bits per heavy atom. The fourth-order valence-electron chi connectivity index (χ4n) is 2.76. The smallest absolute Gasteiger partial charge is 0.251 e. The molecule has 0 saturated heterocycles. The number of hydrogen-bond acceptors (Lipinski definition) is 5. The van der Waals surface area contributed by atoms with Crippen molar-refractivity contribution >= 4 is 10.0 Å². The molecule has 0 saturated carbocycles. The molecule has 1 aromatic heterocycles. The van der Waals surface area contributed by atoms with Crippen molar-refractivity contribution in [3.8, 4) is 34.0 Å². The Bertz CT molecular complexity index is 1000. The third kappa shape index (κ3) is 3.23. The van der Waals surface area contributed by atoms with Crippen molar-refractivity contribution in [2.24, 2.45) is 0 Å². The van der Waals surface area contributed by atoms with Gasteiger partial charge < -0.3 is 10.2 Å². The summed E-state index contributed by atoms with van der Waals surface area (Å²) in [5.74, 6) is 0.231. The van der Waals surface area contributed by atoms with Gasteiger partial charge in [-0.25, -0.2) is 8.42 Å². The third-order valence-corrected chi connectivity index (χ3v) is 4.80. The molecule has 0 unspecified atom stereocenters. The zero-order valence-corrected chi connectivity index (χ0v) is 14.7. The SMILES string of the molecule is CCc1c(-c2ccc(O)cc2)nn(S(C)(=O)=O)c1-c1ccc(O)cc1. The predicted octanol–water partition coefficient (Wildman–Crippen LogP) is 3.00. The van der Waals surface area contributed by atoms with Crippen LogP contribution in [0.3, 0.4) is 0 Å². The standard InChI is InChI=1S/C18H18N2O4S/c1-3-16-17(12-4-8-14(21)9-5-12)19-20(25(2,23)24)18(16)13-6-10-15(22)11-7-13/h4-11,21-22H,3H2,1-2H3. The molecule has 0 amide bonds. The minimum absolute atomic E-state index is 0.103. The highest BCUT2D eigenvalue weighted by atomic mass is 32.2. The normalized spacial score (nSPS) is 11.6. The van der Waals surface area contributed by atoms with E-state index in [1.807, 2.05) is 6.92 Å². The quantitative estimate of drug-likeness (QED) is 0.748. The number of aromatic hydroxyl groups is 2. The zero-order chi connectivity index (χ0) is 18.2. The summed E-state index contributed by atoms with van der Waals surface area (Å²) in [5.41, 5.74) is 3.18. The minimum Gasteiger partial charge on any atom is -0.508 e. The Labute approximate surface area is 146 Å². The molecule has 1 heterocycles. The lowest BCUT2D eigenvalue weighted by Crippen LogP contribution is -2.13. The zero-order valence-electron chi connectivity index (χ0n) is 13.8. The van der Waals surface area contributed by atoms with Gasteiger partial charge in [-0.3, -0.25) is 0 Å². The van der Waals surface area contributed by atoms with Crippen LogP contribution in [-0.4, -0.2) is 34.1 Å². The first kappa shape index (κ1) is 17.0. The second-order valence-corrected chi connectivity index (χ2v) is 7.54. The largest absolute Gasteiger partial charge is 0.508 e. The summed E-state index contributed by atoms with van der Waals surface area (Å²) in [6, 6.07) is 12.8. The van der Waals surface area contributed by atoms with Gasteiger partial charge in [0, 0.05) is 16.7 Å². The van der Waals surface area contributed by atoms with Crippen LogP contribution >= 0.6 is 0 Å². The van der Waals surface area contributed by atoms with E-state index in [1.165, 1.54) is 24.3 Å². The van der Waals surface area contributed by atoms with Crippen LogP contribution in [0.4, 0.5) is 0 Å². The molecule has 0 bridgehead atoms. The molecule has 7 heteroatoms. The van der Waals surface area contributed by atoms with E-state index in [4.69, 9.17) is 0 Å². The maximum Gasteiger partial charge on any atom is 0.251 e. The molecule has 0 aliphatic rings. The van der Waals surface area contributed by atoms with Crippen molar-refractivity contribution in [2.45, 2.75) is 13.3 Å². The second-order valence-electron chi connectivity index (χ2n) is 5.73. The van der Waals surface area contributed by atoms with Gasteiger partial charge in [-0.05, 0) is 55.0 Å². The van der Waals surface area contributed by atoms with E-state index in [9.17, 15) is 18.6 Å². The molecule has 2 aromatic carbocycles. The van der Waals surface area contributed by atoms with Crippen molar-refractivity contribution in [2.75, 3.05) is 6.26 Å². The number of phenolic OH excluding ortho intramolecular Hbond substituents is 2. The van der Waals surface area contributed by atoms with Gasteiger partial charge in [0.2, 0.25) is 0 Å². The van der Waals surface area contributed by atoms with Gasteiger partial charge in [0.05, 0.1) is 17.6 Å². The summed E-state index contributed by atoms with van der Waals surface area (Å²) >= 11 is 0. The molecule has 0 aliphatic carbocycles. The average molecular weight is 358 g/mol. The summed E-state index contributed by atoms with van der Waals surface area (Å²) in [7, 11) is -3.63. The maximum atomic E-state index is 12.3. The Kier molecular flexibility index (Phi) is 4.26. The Hall–Kier alpha value is -2.80. The summed E-state index contributed by atoms with van der Waals surface area (Å²) < 4.78 is 25.6. The molecule has 0 radical (unpaired) electrons. The number of benzene rings is 2. The van der Waals surface area contributed by atoms with E-state index < -0.39 is 10.0 Å². The van der Waals surface area contributed by atoms with Gasteiger partial charge in [-0.2, -0.15) is 9.19 Å². The first-order valence-corrected chi connectivity index (χ1v) is 9.57. The van der Waals surface area contributed by atoms with E-state index in [0.717, 1.165) is 21.5 Å². The van der Waals surface area contributed by atoms with Crippen molar-refractivity contribution in [3.63, 3.8) is 0 Å². The van der Waals surface area contributed by atoms with E-state index in [-0.39, 0.29) is 11.5 Å². The van der Waals surface area contributed by atoms with E-state index in [0.29, 0.717) is 23.4 Å². The van der Waals surface area contributed by atoms with Crippen LogP contribution in [-0.2, 0) is 16.4 Å². The number of hydrogen-bond donors (Lipinski definition) is 2. The van der Waals surface area contributed by atoms with Crippen LogP contribution in [0.15, 0.2) is 48.5 Å². The summed E-state index contributed by atoms with van der Waals surface area (Å²) in [6.45, 7) is 1.93. The lowest BCUT2D eigenvalue weighted by atomic mass is 10.00. The maximum absolute atomic E-state index is 12.3. The van der Waals surface area contributed by atoms with Crippen LogP contribution in [0.25, 0.3) is 22.5 Å². The molecule has 25 heavy (non-hydrogen) atoms. The van der Waals surface area contributed by atoms with Crippen molar-refractivity contribution < 1.29 is 18.6 Å². The monoisotopic (exact) mass is 358 g/mol. The number of rotatable bonds is 4. The molecule has 0 aliphatic heterocycles. The van der Waals surface area contributed by atoms with Crippen LogP contribution in [0, 0.1) is 0 Å². The number of nitrogens with zero attached hydrogens (tertiary/aromatic N) is 2. The summed E-state index contributed by atoms with van der Waals surface area (Å²) in [5, 5.41) is 23.3. The molecular weight excluding hydrogens is 340 g/mol. The molecule has 3 rings (SSSR count). The lowest BCUT2D eigenvalue weighted by Gasteiger charge is -2.08. The Morgan fingerprint density at radius 2 is 1.40 bits per heavy atom. The van der Waals surface area contributed by atoms with Gasteiger partial charge in [-0.1, -0.05) is 6.92 Å². The van der Waals surface area contributed by atoms with E-state index in [2.05, 4.69) is 5.10 Å². The molecule has 0 fully saturated rings. The highest BCUT2D eigenvalue weighted by Crippen LogP contribution is 2.34.